The van der Waals surface area contributed by atoms with Crippen molar-refractivity contribution in [3.63, 3.8) is 0 Å². The number of hydrogen-bond acceptors (Lipinski definition) is 2. The molecule has 4 nitrogen and oxygen atoms in total. The molecule has 0 aliphatic carbocycles. The van der Waals surface area contributed by atoms with Gasteiger partial charge in [-0.3, -0.25) is 0 Å². The van der Waals surface area contributed by atoms with Gasteiger partial charge in [0.25, 0.3) is 0 Å². The Kier molecular flexibility index (Phi) is 3.19. The summed E-state index contributed by atoms with van der Waals surface area (Å²) in [6.07, 6.45) is 0. The molecular formula is C5H13O4V. The fourth-order valence-corrected chi connectivity index (χ4v) is 1.15. The molecule has 2 N–H and O–H groups in total. The van der Waals surface area contributed by atoms with E-state index in [1.807, 2.05) is 20.8 Å². The van der Waals surface area contributed by atoms with Gasteiger partial charge < -0.3 is 0 Å². The van der Waals surface area contributed by atoms with Crippen LogP contribution in [0.25, 0.3) is 0 Å². The minimum atomic E-state index is -4.82. The fourth-order valence-electron chi connectivity index (χ4n) is 0.278. The van der Waals surface area contributed by atoms with Crippen LogP contribution in [-0.4, -0.2) is 14.7 Å². The van der Waals surface area contributed by atoms with Crippen LogP contribution in [0.5, 0.6) is 0 Å². The Morgan fingerprint density at radius 3 is 1.90 bits per heavy atom. The van der Waals surface area contributed by atoms with Gasteiger partial charge in [0.15, 0.2) is 0 Å². The van der Waals surface area contributed by atoms with Gasteiger partial charge in [0.1, 0.15) is 0 Å². The average molecular weight is 188 g/mol. The average Bonchev–Trinajstić information content (AvgIpc) is 1.57. The van der Waals surface area contributed by atoms with E-state index in [2.05, 4.69) is 3.66 Å². The molecular weight excluding hydrogens is 175 g/mol. The summed E-state index contributed by atoms with van der Waals surface area (Å²) >= 11 is -4.82. The first-order valence-electron chi connectivity index (χ1n) is 2.91. The van der Waals surface area contributed by atoms with Crippen molar-refractivity contribution in [1.82, 2.24) is 0 Å². The standard InChI is InChI=1S/C5H11O.2H2O.O.V/c1-5(2,3)4-6;;;;/h4H2,1-3H3;2*1H2;;/q-1;;;;+3/p-2. The predicted octanol–water partition coefficient (Wildman–Crippen LogP) is 0.278. The molecule has 62 valence electrons. The zero-order valence-electron chi connectivity index (χ0n) is 6.37. The van der Waals surface area contributed by atoms with E-state index in [0.717, 1.165) is 0 Å². The molecule has 5 heteroatoms. The summed E-state index contributed by atoms with van der Waals surface area (Å²) in [5.41, 5.74) is -0.192. The van der Waals surface area contributed by atoms with Gasteiger partial charge in [0.05, 0.1) is 0 Å². The molecule has 10 heavy (non-hydrogen) atoms. The van der Waals surface area contributed by atoms with Crippen molar-refractivity contribution >= 4 is 0 Å². The molecule has 0 saturated carbocycles. The monoisotopic (exact) mass is 188 g/mol. The quantitative estimate of drug-likeness (QED) is 0.653. The van der Waals surface area contributed by atoms with E-state index in [-0.39, 0.29) is 12.0 Å². The van der Waals surface area contributed by atoms with Gasteiger partial charge in [-0.25, -0.2) is 0 Å². The van der Waals surface area contributed by atoms with Crippen molar-refractivity contribution in [2.24, 2.45) is 5.41 Å². The van der Waals surface area contributed by atoms with Gasteiger partial charge in [-0.1, -0.05) is 0 Å². The Labute approximate surface area is 63.8 Å². The summed E-state index contributed by atoms with van der Waals surface area (Å²) in [5, 5.41) is 0. The van der Waals surface area contributed by atoms with Crippen LogP contribution in [-0.2, 0) is 22.4 Å². The van der Waals surface area contributed by atoms with Gasteiger partial charge >= 0.3 is 63.2 Å². The maximum atomic E-state index is 10.2. The van der Waals surface area contributed by atoms with Crippen molar-refractivity contribution in [2.75, 3.05) is 6.61 Å². The molecule has 0 atom stereocenters. The molecule has 0 amide bonds. The Balaban J connectivity index is 3.67. The molecule has 0 radical (unpaired) electrons. The second-order valence-corrected chi connectivity index (χ2v) is 5.26. The van der Waals surface area contributed by atoms with Crippen LogP contribution in [0.4, 0.5) is 0 Å². The van der Waals surface area contributed by atoms with Crippen LogP contribution >= 0.6 is 0 Å². The van der Waals surface area contributed by atoms with Crippen LogP contribution in [0.3, 0.4) is 0 Å². The van der Waals surface area contributed by atoms with Crippen molar-refractivity contribution in [3.05, 3.63) is 0 Å². The van der Waals surface area contributed by atoms with E-state index in [9.17, 15) is 3.67 Å². The van der Waals surface area contributed by atoms with Crippen molar-refractivity contribution in [1.29, 1.82) is 0 Å². The first kappa shape index (κ1) is 10.3. The zero-order chi connectivity index (χ0) is 8.41. The topological polar surface area (TPSA) is 66.8 Å². The van der Waals surface area contributed by atoms with E-state index in [0.29, 0.717) is 0 Å². The maximum absolute atomic E-state index is 10.2. The summed E-state index contributed by atoms with van der Waals surface area (Å²) in [5.74, 6) is 0. The van der Waals surface area contributed by atoms with Gasteiger partial charge in [0.2, 0.25) is 0 Å². The predicted molar refractivity (Wildman–Crippen MR) is 30.5 cm³/mol. The van der Waals surface area contributed by atoms with Gasteiger partial charge in [-0.05, 0) is 0 Å². The van der Waals surface area contributed by atoms with Gasteiger partial charge in [-0.15, -0.1) is 0 Å². The van der Waals surface area contributed by atoms with Gasteiger partial charge in [0, 0.05) is 0 Å². The third-order valence-electron chi connectivity index (χ3n) is 0.666. The molecule has 0 aromatic carbocycles. The number of hydrogen-bond donors (Lipinski definition) is 2. The van der Waals surface area contributed by atoms with Crippen LogP contribution in [0, 0.1) is 5.41 Å². The molecule has 0 bridgehead atoms. The van der Waals surface area contributed by atoms with E-state index in [1.165, 1.54) is 0 Å². The Hall–Kier alpha value is 0.264. The molecule has 0 saturated heterocycles. The molecule has 0 spiro atoms. The molecule has 0 unspecified atom stereocenters. The minimum absolute atomic E-state index is 0.0938. The summed E-state index contributed by atoms with van der Waals surface area (Å²) in [4.78, 5) is 0. The summed E-state index contributed by atoms with van der Waals surface area (Å²) in [6, 6.07) is 0. The first-order chi connectivity index (χ1) is 4.21. The van der Waals surface area contributed by atoms with E-state index >= 15 is 0 Å². The van der Waals surface area contributed by atoms with Gasteiger partial charge in [-0.2, -0.15) is 0 Å². The Morgan fingerprint density at radius 1 is 1.40 bits per heavy atom. The fraction of sp³-hybridized carbons (Fsp3) is 1.00. The Morgan fingerprint density at radius 2 is 1.80 bits per heavy atom. The van der Waals surface area contributed by atoms with E-state index < -0.39 is 15.0 Å². The van der Waals surface area contributed by atoms with Crippen molar-refractivity contribution < 1.29 is 30.4 Å². The summed E-state index contributed by atoms with van der Waals surface area (Å²) < 4.78 is 31.2. The van der Waals surface area contributed by atoms with Crippen LogP contribution in [0.1, 0.15) is 20.8 Å². The molecule has 0 heterocycles. The molecule has 0 fully saturated rings. The molecule has 0 aromatic rings. The molecule has 0 aliphatic rings. The second kappa shape index (κ2) is 3.11. The second-order valence-electron chi connectivity index (χ2n) is 3.32. The molecule has 0 aliphatic heterocycles. The van der Waals surface area contributed by atoms with E-state index in [1.54, 1.807) is 0 Å². The van der Waals surface area contributed by atoms with Crippen LogP contribution in [0.15, 0.2) is 0 Å². The third-order valence-corrected chi connectivity index (χ3v) is 1.39. The van der Waals surface area contributed by atoms with Crippen LogP contribution in [0.2, 0.25) is 0 Å². The zero-order valence-corrected chi connectivity index (χ0v) is 7.76. The van der Waals surface area contributed by atoms with Crippen LogP contribution < -0.4 is 0 Å². The van der Waals surface area contributed by atoms with Crippen molar-refractivity contribution in [3.8, 4) is 0 Å². The third kappa shape index (κ3) is 8.26. The summed E-state index contributed by atoms with van der Waals surface area (Å²) in [6.45, 7) is 5.63. The molecule has 0 aromatic heterocycles. The first-order valence-corrected chi connectivity index (χ1v) is 5.30. The SMILES string of the molecule is CC(C)(C)C[O][V](=[O])([OH])[OH]. The molecule has 0 rings (SSSR count). The van der Waals surface area contributed by atoms with E-state index in [4.69, 9.17) is 8.06 Å². The normalized spacial score (nSPS) is 13.7. The summed E-state index contributed by atoms with van der Waals surface area (Å²) in [7, 11) is 0. The van der Waals surface area contributed by atoms with Crippen molar-refractivity contribution in [2.45, 2.75) is 20.8 Å². The number of rotatable bonds is 2. The Bertz CT molecular complexity index is 142.